The molecule has 2 heterocycles. The van der Waals surface area contributed by atoms with Crippen molar-refractivity contribution in [3.63, 3.8) is 0 Å². The van der Waals surface area contributed by atoms with Gasteiger partial charge in [0.1, 0.15) is 0 Å². The van der Waals surface area contributed by atoms with Crippen molar-refractivity contribution in [1.29, 1.82) is 0 Å². The molecule has 2 aromatic carbocycles. The lowest BCUT2D eigenvalue weighted by molar-refractivity contribution is -0.133. The van der Waals surface area contributed by atoms with Gasteiger partial charge >= 0.3 is 0 Å². The number of halogens is 1. The molecule has 0 spiro atoms. The molecule has 0 aromatic heterocycles. The predicted molar refractivity (Wildman–Crippen MR) is 173 cm³/mol. The minimum absolute atomic E-state index is 0.0531. The van der Waals surface area contributed by atoms with Crippen LogP contribution in [0, 0.1) is 0 Å². The van der Waals surface area contributed by atoms with Gasteiger partial charge in [0.2, 0.25) is 11.8 Å². The van der Waals surface area contributed by atoms with Gasteiger partial charge < -0.3 is 20.4 Å². The Hall–Kier alpha value is -2.23. The first kappa shape index (κ1) is 30.7. The van der Waals surface area contributed by atoms with Gasteiger partial charge in [-0.3, -0.25) is 9.59 Å². The summed E-state index contributed by atoms with van der Waals surface area (Å²) in [5.41, 5.74) is 3.58. The summed E-state index contributed by atoms with van der Waals surface area (Å²) >= 11 is 2.35. The Morgan fingerprint density at radius 1 is 1.07 bits per heavy atom. The van der Waals surface area contributed by atoms with Gasteiger partial charge in [-0.15, -0.1) is 0 Å². The van der Waals surface area contributed by atoms with Crippen LogP contribution in [0.25, 0.3) is 6.08 Å². The van der Waals surface area contributed by atoms with E-state index in [9.17, 15) is 9.59 Å². The van der Waals surface area contributed by atoms with Crippen LogP contribution in [0.2, 0.25) is 0 Å². The third-order valence-electron chi connectivity index (χ3n) is 8.27. The molecule has 0 unspecified atom stereocenters. The minimum atomic E-state index is -0.230. The summed E-state index contributed by atoms with van der Waals surface area (Å²) in [5, 5.41) is 6.73. The predicted octanol–water partition coefficient (Wildman–Crippen LogP) is 5.38. The highest BCUT2D eigenvalue weighted by Crippen LogP contribution is 2.23. The number of nitrogens with zero attached hydrogens (tertiary/aromatic N) is 2. The number of alkyl halides is 1. The maximum absolute atomic E-state index is 13.8. The molecular weight excluding hydrogens is 611 g/mol. The molecule has 0 aliphatic carbocycles. The molecule has 2 aliphatic heterocycles. The number of hydrogen-bond donors (Lipinski definition) is 2. The van der Waals surface area contributed by atoms with Crippen LogP contribution in [0.4, 0.5) is 0 Å². The number of carbonyl (C=O) groups is 2. The monoisotopic (exact) mass is 656 g/mol. The van der Waals surface area contributed by atoms with Crippen LogP contribution in [0.3, 0.4) is 0 Å². The zero-order valence-corrected chi connectivity index (χ0v) is 26.0. The fourth-order valence-corrected chi connectivity index (χ4v) is 6.27. The quantitative estimate of drug-likeness (QED) is 0.183. The Kier molecular flexibility index (Phi) is 12.5. The fourth-order valence-electron chi connectivity index (χ4n) is 5.76. The normalized spacial score (nSPS) is 21.4. The smallest absolute Gasteiger partial charge is 0.244 e. The van der Waals surface area contributed by atoms with E-state index in [0.29, 0.717) is 19.0 Å². The Labute approximate surface area is 254 Å². The Morgan fingerprint density at radius 3 is 2.52 bits per heavy atom. The van der Waals surface area contributed by atoms with E-state index >= 15 is 0 Å². The van der Waals surface area contributed by atoms with Gasteiger partial charge in [-0.25, -0.2) is 0 Å². The number of rotatable bonds is 12. The number of benzene rings is 2. The van der Waals surface area contributed by atoms with Crippen molar-refractivity contribution in [2.45, 2.75) is 67.9 Å². The van der Waals surface area contributed by atoms with Crippen molar-refractivity contribution < 1.29 is 9.59 Å². The second-order valence-corrected chi connectivity index (χ2v) is 11.9. The van der Waals surface area contributed by atoms with Crippen LogP contribution in [-0.2, 0) is 14.0 Å². The molecule has 2 amide bonds. The highest BCUT2D eigenvalue weighted by atomic mass is 127. The average molecular weight is 657 g/mol. The molecule has 7 heteroatoms. The molecule has 3 atom stereocenters. The number of likely N-dealkylation sites (tertiary alicyclic amines) is 1. The van der Waals surface area contributed by atoms with E-state index in [1.807, 2.05) is 24.3 Å². The zero-order valence-electron chi connectivity index (χ0n) is 23.9. The Bertz CT molecular complexity index is 1090. The lowest BCUT2D eigenvalue weighted by Crippen LogP contribution is -2.50. The highest BCUT2D eigenvalue weighted by molar-refractivity contribution is 14.1. The summed E-state index contributed by atoms with van der Waals surface area (Å²) in [7, 11) is 0. The minimum Gasteiger partial charge on any atom is -0.351 e. The van der Waals surface area contributed by atoms with E-state index in [0.717, 1.165) is 55.4 Å². The van der Waals surface area contributed by atoms with Gasteiger partial charge in [0.25, 0.3) is 0 Å². The number of piperidine rings is 1. The van der Waals surface area contributed by atoms with Gasteiger partial charge in [0.05, 0.1) is 6.04 Å². The Balaban J connectivity index is 1.38. The van der Waals surface area contributed by atoms with Crippen LogP contribution < -0.4 is 10.6 Å². The molecular formula is C33H45IN4O2. The Morgan fingerprint density at radius 2 is 1.82 bits per heavy atom. The summed E-state index contributed by atoms with van der Waals surface area (Å²) in [4.78, 5) is 31.1. The summed E-state index contributed by atoms with van der Waals surface area (Å²) in [6.45, 7) is 7.34. The molecule has 2 aliphatic rings. The zero-order chi connectivity index (χ0) is 28.2. The second-order valence-electron chi connectivity index (χ2n) is 11.1. The topological polar surface area (TPSA) is 64.7 Å². The van der Waals surface area contributed by atoms with Gasteiger partial charge in [0.15, 0.2) is 0 Å². The van der Waals surface area contributed by atoms with Crippen molar-refractivity contribution >= 4 is 40.5 Å². The van der Waals surface area contributed by atoms with Crippen LogP contribution in [0.15, 0.2) is 60.7 Å². The maximum atomic E-state index is 13.8. The molecule has 216 valence electrons. The number of carbonyl (C=O) groups excluding carboxylic acids is 2. The van der Waals surface area contributed by atoms with Crippen LogP contribution in [0.1, 0.15) is 68.1 Å². The molecule has 0 saturated carbocycles. The van der Waals surface area contributed by atoms with Crippen molar-refractivity contribution in [3.8, 4) is 0 Å². The van der Waals surface area contributed by atoms with E-state index in [4.69, 9.17) is 0 Å². The number of hydrogen-bond acceptors (Lipinski definition) is 4. The molecule has 2 fully saturated rings. The highest BCUT2D eigenvalue weighted by Gasteiger charge is 2.32. The molecule has 0 bridgehead atoms. The van der Waals surface area contributed by atoms with E-state index in [1.54, 1.807) is 6.08 Å². The van der Waals surface area contributed by atoms with E-state index in [-0.39, 0.29) is 23.9 Å². The molecule has 2 N–H and O–H groups in total. The summed E-state index contributed by atoms with van der Waals surface area (Å²) in [5.74, 6) is 0.419. The summed E-state index contributed by atoms with van der Waals surface area (Å²) in [6, 6.07) is 18.6. The lowest BCUT2D eigenvalue weighted by atomic mass is 9.95. The van der Waals surface area contributed by atoms with Crippen molar-refractivity contribution in [2.24, 2.45) is 0 Å². The molecule has 40 heavy (non-hydrogen) atoms. The van der Waals surface area contributed by atoms with Gasteiger partial charge in [-0.1, -0.05) is 90.5 Å². The molecule has 6 nitrogen and oxygen atoms in total. The first-order chi connectivity index (χ1) is 19.6. The third kappa shape index (κ3) is 9.42. The van der Waals surface area contributed by atoms with Gasteiger partial charge in [-0.05, 0) is 68.0 Å². The average Bonchev–Trinajstić information content (AvgIpc) is 3.15. The molecule has 2 aromatic rings. The van der Waals surface area contributed by atoms with E-state index in [2.05, 4.69) is 86.3 Å². The maximum Gasteiger partial charge on any atom is 0.244 e. The standard InChI is InChI=1S/C33H45IN4O2/c1-2-28(29-9-5-3-6-10-29)25-38-22-17-30(36-31(33(38)40)18-21-37-19-7-4-8-20-37)24-35-32(39)16-15-26-11-13-27(23-34)14-12-26/h3,5-6,9-16,28,30-31,36H,2,4,7-8,17-25H2,1H3,(H,35,39)/b16-15+/t28-,30+,31+/m1/s1. The molecule has 4 rings (SSSR count). The second kappa shape index (κ2) is 16.3. The first-order valence-electron chi connectivity index (χ1n) is 15.0. The summed E-state index contributed by atoms with van der Waals surface area (Å²) in [6.07, 6.45) is 9.87. The van der Waals surface area contributed by atoms with Crippen LogP contribution >= 0.6 is 22.6 Å². The van der Waals surface area contributed by atoms with Gasteiger partial charge in [-0.2, -0.15) is 0 Å². The summed E-state index contributed by atoms with van der Waals surface area (Å²) < 4.78 is 0.973. The van der Waals surface area contributed by atoms with Crippen molar-refractivity contribution in [3.05, 3.63) is 77.4 Å². The number of nitrogens with one attached hydrogen (secondary N) is 2. The molecule has 0 radical (unpaired) electrons. The lowest BCUT2D eigenvalue weighted by Gasteiger charge is -2.31. The van der Waals surface area contributed by atoms with Crippen molar-refractivity contribution in [1.82, 2.24) is 20.4 Å². The van der Waals surface area contributed by atoms with Gasteiger partial charge in [0, 0.05) is 48.6 Å². The SMILES string of the molecule is CC[C@H](CN1CC[C@@H](CNC(=O)/C=C/c2ccc(CI)cc2)N[C@@H](CCN2CCCCC2)C1=O)c1ccccc1. The molecule has 2 saturated heterocycles. The van der Waals surface area contributed by atoms with E-state index < -0.39 is 0 Å². The van der Waals surface area contributed by atoms with Crippen LogP contribution in [-0.4, -0.2) is 73.0 Å². The third-order valence-corrected chi connectivity index (χ3v) is 9.15. The van der Waals surface area contributed by atoms with E-state index in [1.165, 1.54) is 30.4 Å². The first-order valence-corrected chi connectivity index (χ1v) is 16.5. The number of amides is 2. The fraction of sp³-hybridized carbons (Fsp3) is 0.515. The largest absolute Gasteiger partial charge is 0.351 e. The van der Waals surface area contributed by atoms with Crippen LogP contribution in [0.5, 0.6) is 0 Å². The van der Waals surface area contributed by atoms with Crippen molar-refractivity contribution in [2.75, 3.05) is 39.3 Å².